The molecule has 0 radical (unpaired) electrons. The third-order valence-electron chi connectivity index (χ3n) is 5.39. The molecule has 0 bridgehead atoms. The summed E-state index contributed by atoms with van der Waals surface area (Å²) in [5, 5.41) is 8.72. The average Bonchev–Trinajstić information content (AvgIpc) is 3.26. The molecule has 7 nitrogen and oxygen atoms in total. The minimum atomic E-state index is -0.729. The number of aromatic nitrogens is 3. The summed E-state index contributed by atoms with van der Waals surface area (Å²) in [6, 6.07) is 13.5. The number of rotatable bonds is 7. The van der Waals surface area contributed by atoms with Crippen molar-refractivity contribution in [3.05, 3.63) is 59.9 Å². The molecule has 2 heterocycles. The van der Waals surface area contributed by atoms with Crippen molar-refractivity contribution in [2.45, 2.75) is 29.7 Å². The first kappa shape index (κ1) is 22.1. The molecule has 0 amide bonds. The van der Waals surface area contributed by atoms with Crippen LogP contribution in [0, 0.1) is 5.82 Å². The lowest BCUT2D eigenvalue weighted by atomic mass is 10.1. The van der Waals surface area contributed by atoms with Gasteiger partial charge in [0.1, 0.15) is 16.8 Å². The second kappa shape index (κ2) is 10.0. The van der Waals surface area contributed by atoms with Gasteiger partial charge in [-0.25, -0.2) is 4.39 Å². The lowest BCUT2D eigenvalue weighted by molar-refractivity contribution is -0.140. The number of hydrogen-bond donors (Lipinski definition) is 0. The number of piperidine rings is 1. The van der Waals surface area contributed by atoms with Gasteiger partial charge in [0, 0.05) is 13.1 Å². The summed E-state index contributed by atoms with van der Waals surface area (Å²) in [5.74, 6) is 0.561. The van der Waals surface area contributed by atoms with Crippen LogP contribution in [-0.2, 0) is 9.53 Å². The Balaban J connectivity index is 1.79. The molecule has 1 aliphatic heterocycles. The van der Waals surface area contributed by atoms with E-state index in [4.69, 9.17) is 9.47 Å². The maximum atomic E-state index is 13.5. The van der Waals surface area contributed by atoms with E-state index in [0.29, 0.717) is 22.4 Å². The Bertz CT molecular complexity index is 1070. The van der Waals surface area contributed by atoms with Crippen LogP contribution >= 0.6 is 11.8 Å². The number of esters is 1. The van der Waals surface area contributed by atoms with E-state index in [-0.39, 0.29) is 5.82 Å². The number of hydrogen-bond acceptors (Lipinski definition) is 7. The Labute approximate surface area is 190 Å². The number of ether oxygens (including phenoxy) is 2. The zero-order valence-electron chi connectivity index (χ0n) is 18.0. The lowest BCUT2D eigenvalue weighted by Gasteiger charge is -2.28. The van der Waals surface area contributed by atoms with Crippen LogP contribution < -0.4 is 9.64 Å². The maximum absolute atomic E-state index is 13.5. The molecule has 2 aromatic carbocycles. The van der Waals surface area contributed by atoms with Crippen LogP contribution in [0.3, 0.4) is 0 Å². The third kappa shape index (κ3) is 4.57. The number of thioether (sulfide) groups is 1. The van der Waals surface area contributed by atoms with Crippen LogP contribution in [0.2, 0.25) is 0 Å². The number of anilines is 1. The van der Waals surface area contributed by atoms with Gasteiger partial charge in [-0.2, -0.15) is 0 Å². The summed E-state index contributed by atoms with van der Waals surface area (Å²) in [6.45, 7) is 1.77. The summed E-state index contributed by atoms with van der Waals surface area (Å²) < 4.78 is 26.0. The number of para-hydroxylation sites is 2. The van der Waals surface area contributed by atoms with Crippen LogP contribution in [0.25, 0.3) is 5.69 Å². The highest BCUT2D eigenvalue weighted by Gasteiger charge is 2.29. The minimum Gasteiger partial charge on any atom is -0.495 e. The Kier molecular flexibility index (Phi) is 6.94. The first-order chi connectivity index (χ1) is 15.6. The van der Waals surface area contributed by atoms with Crippen molar-refractivity contribution in [3.8, 4) is 11.4 Å². The zero-order valence-corrected chi connectivity index (χ0v) is 18.8. The highest BCUT2D eigenvalue weighted by molar-refractivity contribution is 8.00. The molecule has 4 rings (SSSR count). The van der Waals surface area contributed by atoms with E-state index in [2.05, 4.69) is 15.1 Å². The van der Waals surface area contributed by atoms with Crippen LogP contribution in [-0.4, -0.2) is 48.0 Å². The van der Waals surface area contributed by atoms with Gasteiger partial charge < -0.3 is 14.4 Å². The maximum Gasteiger partial charge on any atom is 0.323 e. The Hall–Kier alpha value is -3.07. The van der Waals surface area contributed by atoms with Gasteiger partial charge in [0.25, 0.3) is 0 Å². The van der Waals surface area contributed by atoms with Gasteiger partial charge in [-0.05, 0) is 49.1 Å². The molecule has 0 aliphatic carbocycles. The molecule has 1 unspecified atom stereocenters. The molecule has 1 fully saturated rings. The Morgan fingerprint density at radius 2 is 1.75 bits per heavy atom. The summed E-state index contributed by atoms with van der Waals surface area (Å²) in [4.78, 5) is 14.9. The number of carbonyl (C=O) groups is 1. The van der Waals surface area contributed by atoms with Crippen molar-refractivity contribution in [1.29, 1.82) is 0 Å². The summed E-state index contributed by atoms with van der Waals surface area (Å²) in [7, 11) is 2.95. The molecule has 3 aromatic rings. The predicted molar refractivity (Wildman–Crippen MR) is 121 cm³/mol. The fourth-order valence-corrected chi connectivity index (χ4v) is 4.83. The highest BCUT2D eigenvalue weighted by Crippen LogP contribution is 2.39. The molecule has 0 saturated carbocycles. The van der Waals surface area contributed by atoms with Crippen molar-refractivity contribution in [2.75, 3.05) is 32.2 Å². The smallest absolute Gasteiger partial charge is 0.323 e. The number of benzene rings is 2. The van der Waals surface area contributed by atoms with Gasteiger partial charge in [0.05, 0.1) is 19.9 Å². The molecule has 168 valence electrons. The van der Waals surface area contributed by atoms with Crippen molar-refractivity contribution in [3.63, 3.8) is 0 Å². The van der Waals surface area contributed by atoms with E-state index >= 15 is 0 Å². The van der Waals surface area contributed by atoms with Crippen molar-refractivity contribution >= 4 is 23.7 Å². The van der Waals surface area contributed by atoms with E-state index < -0.39 is 11.2 Å². The molecule has 1 atom stereocenters. The molecule has 1 aliphatic rings. The molecule has 1 saturated heterocycles. The quantitative estimate of drug-likeness (QED) is 0.385. The molecule has 0 N–H and O–H groups in total. The largest absolute Gasteiger partial charge is 0.495 e. The zero-order chi connectivity index (χ0) is 22.5. The van der Waals surface area contributed by atoms with Gasteiger partial charge in [0.2, 0.25) is 5.95 Å². The molecular weight excluding hydrogens is 431 g/mol. The second-order valence-electron chi connectivity index (χ2n) is 7.41. The van der Waals surface area contributed by atoms with E-state index in [1.54, 1.807) is 19.2 Å². The Morgan fingerprint density at radius 3 is 2.44 bits per heavy atom. The van der Waals surface area contributed by atoms with E-state index in [9.17, 15) is 9.18 Å². The second-order valence-corrected chi connectivity index (χ2v) is 8.48. The Morgan fingerprint density at radius 1 is 1.03 bits per heavy atom. The minimum absolute atomic E-state index is 0.369. The lowest BCUT2D eigenvalue weighted by Crippen LogP contribution is -2.31. The number of methoxy groups -OCH3 is 2. The molecular formula is C23H25FN4O3S. The first-order valence-electron chi connectivity index (χ1n) is 10.5. The summed E-state index contributed by atoms with van der Waals surface area (Å²) >= 11 is 1.22. The summed E-state index contributed by atoms with van der Waals surface area (Å²) in [5.41, 5.74) is 1.41. The third-order valence-corrected chi connectivity index (χ3v) is 6.57. The molecule has 9 heteroatoms. The van der Waals surface area contributed by atoms with Gasteiger partial charge >= 0.3 is 5.97 Å². The van der Waals surface area contributed by atoms with Crippen molar-refractivity contribution < 1.29 is 18.7 Å². The fourth-order valence-electron chi connectivity index (χ4n) is 3.76. The van der Waals surface area contributed by atoms with Crippen LogP contribution in [0.1, 0.15) is 30.1 Å². The van der Waals surface area contributed by atoms with E-state index in [0.717, 1.165) is 31.6 Å². The monoisotopic (exact) mass is 456 g/mol. The van der Waals surface area contributed by atoms with E-state index in [1.807, 2.05) is 28.8 Å². The topological polar surface area (TPSA) is 69.5 Å². The molecule has 1 aromatic heterocycles. The summed E-state index contributed by atoms with van der Waals surface area (Å²) in [6.07, 6.45) is 3.36. The standard InChI is InChI=1S/C23H25FN4O3S/c1-30-19-9-5-4-8-18(19)28-22(27-14-6-3-7-15-27)25-26-23(28)32-20(21(29)31-2)16-10-12-17(24)13-11-16/h4-5,8-13,20H,3,6-7,14-15H2,1-2H3. The fraction of sp³-hybridized carbons (Fsp3) is 0.348. The van der Waals surface area contributed by atoms with Gasteiger partial charge in [-0.3, -0.25) is 9.36 Å². The molecule has 0 spiro atoms. The normalized spacial score (nSPS) is 14.8. The number of halogens is 1. The SMILES string of the molecule is COC(=O)C(Sc1nnc(N2CCCCC2)n1-c1ccccc1OC)c1ccc(F)cc1. The predicted octanol–water partition coefficient (Wildman–Crippen LogP) is 4.41. The van der Waals surface area contributed by atoms with Crippen LogP contribution in [0.5, 0.6) is 5.75 Å². The number of nitrogens with zero attached hydrogens (tertiary/aromatic N) is 4. The molecule has 32 heavy (non-hydrogen) atoms. The highest BCUT2D eigenvalue weighted by atomic mass is 32.2. The van der Waals surface area contributed by atoms with Crippen molar-refractivity contribution in [1.82, 2.24) is 14.8 Å². The first-order valence-corrected chi connectivity index (χ1v) is 11.3. The average molecular weight is 457 g/mol. The van der Waals surface area contributed by atoms with Crippen molar-refractivity contribution in [2.24, 2.45) is 0 Å². The van der Waals surface area contributed by atoms with Gasteiger partial charge in [-0.1, -0.05) is 36.0 Å². The van der Waals surface area contributed by atoms with E-state index in [1.165, 1.54) is 37.4 Å². The number of carbonyl (C=O) groups excluding carboxylic acids is 1. The van der Waals surface area contributed by atoms with Crippen LogP contribution in [0.15, 0.2) is 53.7 Å². The van der Waals surface area contributed by atoms with Gasteiger partial charge in [-0.15, -0.1) is 10.2 Å². The van der Waals surface area contributed by atoms with Crippen LogP contribution in [0.4, 0.5) is 10.3 Å². The van der Waals surface area contributed by atoms with Gasteiger partial charge in [0.15, 0.2) is 5.16 Å².